The summed E-state index contributed by atoms with van der Waals surface area (Å²) in [6.45, 7) is 0.924. The molecule has 4 heteroatoms. The van der Waals surface area contributed by atoms with Crippen molar-refractivity contribution in [2.24, 2.45) is 0 Å². The Labute approximate surface area is 106 Å². The van der Waals surface area contributed by atoms with Crippen LogP contribution in [0.5, 0.6) is 0 Å². The Bertz CT molecular complexity index is 514. The molecule has 0 unspecified atom stereocenters. The lowest BCUT2D eigenvalue weighted by molar-refractivity contribution is 0.630. The molecular formula is C14H16FN3. The molecule has 0 spiro atoms. The number of rotatable bonds is 5. The van der Waals surface area contributed by atoms with E-state index >= 15 is 0 Å². The number of halogens is 1. The van der Waals surface area contributed by atoms with Crippen LogP contribution in [0.25, 0.3) is 11.3 Å². The van der Waals surface area contributed by atoms with Gasteiger partial charge in [-0.25, -0.2) is 14.4 Å². The van der Waals surface area contributed by atoms with Crippen LogP contribution in [0, 0.1) is 5.82 Å². The molecule has 3 nitrogen and oxygen atoms in total. The molecule has 1 aromatic carbocycles. The van der Waals surface area contributed by atoms with Crippen LogP contribution in [0.3, 0.4) is 0 Å². The van der Waals surface area contributed by atoms with Gasteiger partial charge < -0.3 is 5.32 Å². The lowest BCUT2D eigenvalue weighted by atomic mass is 10.1. The van der Waals surface area contributed by atoms with Crippen molar-refractivity contribution in [1.29, 1.82) is 0 Å². The van der Waals surface area contributed by atoms with E-state index in [4.69, 9.17) is 0 Å². The molecule has 1 aromatic heterocycles. The largest absolute Gasteiger partial charge is 0.320 e. The number of hydrogen-bond donors (Lipinski definition) is 1. The molecule has 0 aliphatic rings. The molecule has 2 aromatic rings. The van der Waals surface area contributed by atoms with Gasteiger partial charge in [-0.15, -0.1) is 0 Å². The summed E-state index contributed by atoms with van der Waals surface area (Å²) in [4.78, 5) is 8.60. The van der Waals surface area contributed by atoms with Crippen LogP contribution in [0.1, 0.15) is 12.2 Å². The number of aryl methyl sites for hydroxylation is 1. The van der Waals surface area contributed by atoms with E-state index in [-0.39, 0.29) is 5.82 Å². The van der Waals surface area contributed by atoms with E-state index in [9.17, 15) is 4.39 Å². The predicted octanol–water partition coefficient (Wildman–Crippen LogP) is 2.43. The number of hydrogen-bond acceptors (Lipinski definition) is 3. The van der Waals surface area contributed by atoms with Crippen molar-refractivity contribution < 1.29 is 4.39 Å². The highest BCUT2D eigenvalue weighted by atomic mass is 19.1. The van der Waals surface area contributed by atoms with Gasteiger partial charge >= 0.3 is 0 Å². The average Bonchev–Trinajstić information content (AvgIpc) is 2.40. The molecule has 0 saturated carbocycles. The number of nitrogens with zero attached hydrogens (tertiary/aromatic N) is 2. The number of nitrogens with one attached hydrogen (secondary N) is 1. The second kappa shape index (κ2) is 6.21. The molecule has 0 fully saturated rings. The molecule has 0 saturated heterocycles. The van der Waals surface area contributed by atoms with Crippen LogP contribution < -0.4 is 5.32 Å². The van der Waals surface area contributed by atoms with E-state index in [2.05, 4.69) is 15.3 Å². The highest BCUT2D eigenvalue weighted by Crippen LogP contribution is 2.19. The Morgan fingerprint density at radius 1 is 1.22 bits per heavy atom. The van der Waals surface area contributed by atoms with Gasteiger partial charge in [0.15, 0.2) is 0 Å². The fourth-order valence-electron chi connectivity index (χ4n) is 1.76. The first kappa shape index (κ1) is 12.6. The third-order valence-corrected chi connectivity index (χ3v) is 2.68. The zero-order valence-corrected chi connectivity index (χ0v) is 10.4. The van der Waals surface area contributed by atoms with Crippen molar-refractivity contribution in [3.05, 3.63) is 48.2 Å². The van der Waals surface area contributed by atoms with Gasteiger partial charge in [0, 0.05) is 18.2 Å². The maximum absolute atomic E-state index is 13.6. The summed E-state index contributed by atoms with van der Waals surface area (Å²) in [6.07, 6.45) is 3.45. The Kier molecular flexibility index (Phi) is 4.36. The van der Waals surface area contributed by atoms with Crippen molar-refractivity contribution in [3.8, 4) is 11.3 Å². The lowest BCUT2D eigenvalue weighted by Crippen LogP contribution is -2.09. The van der Waals surface area contributed by atoms with Gasteiger partial charge in [0.2, 0.25) is 0 Å². The summed E-state index contributed by atoms with van der Waals surface area (Å²) in [5.41, 5.74) is 1.16. The fraction of sp³-hybridized carbons (Fsp3) is 0.286. The lowest BCUT2D eigenvalue weighted by Gasteiger charge is -2.05. The first-order valence-corrected chi connectivity index (χ1v) is 6.02. The maximum atomic E-state index is 13.6. The molecule has 0 radical (unpaired) electrons. The molecule has 0 amide bonds. The molecule has 1 heterocycles. The van der Waals surface area contributed by atoms with Crippen molar-refractivity contribution in [3.63, 3.8) is 0 Å². The summed E-state index contributed by atoms with van der Waals surface area (Å²) in [6, 6.07) is 8.39. The predicted molar refractivity (Wildman–Crippen MR) is 69.7 cm³/mol. The van der Waals surface area contributed by atoms with Crippen molar-refractivity contribution in [1.82, 2.24) is 15.3 Å². The Balaban J connectivity index is 2.19. The summed E-state index contributed by atoms with van der Waals surface area (Å²) in [5.74, 6) is 0.503. The molecule has 2 rings (SSSR count). The van der Waals surface area contributed by atoms with Crippen LogP contribution in [0.4, 0.5) is 4.39 Å². The van der Waals surface area contributed by atoms with E-state index in [0.29, 0.717) is 11.3 Å². The van der Waals surface area contributed by atoms with Crippen LogP contribution >= 0.6 is 0 Å². The SMILES string of the molecule is CNCCCc1nccc(-c2ccccc2F)n1. The standard InChI is InChI=1S/C14H16FN3/c1-16-9-4-7-14-17-10-8-13(18-14)11-5-2-3-6-12(11)15/h2-3,5-6,8,10,16H,4,7,9H2,1H3. The van der Waals surface area contributed by atoms with E-state index < -0.39 is 0 Å². The minimum absolute atomic E-state index is 0.252. The van der Waals surface area contributed by atoms with Crippen molar-refractivity contribution >= 4 is 0 Å². The topological polar surface area (TPSA) is 37.8 Å². The first-order chi connectivity index (χ1) is 8.81. The summed E-state index contributed by atoms with van der Waals surface area (Å²) < 4.78 is 13.6. The monoisotopic (exact) mass is 245 g/mol. The quantitative estimate of drug-likeness (QED) is 0.822. The van der Waals surface area contributed by atoms with Crippen molar-refractivity contribution in [2.75, 3.05) is 13.6 Å². The molecule has 1 N–H and O–H groups in total. The second-order valence-electron chi connectivity index (χ2n) is 4.05. The summed E-state index contributed by atoms with van der Waals surface area (Å²) in [5, 5.41) is 3.08. The van der Waals surface area contributed by atoms with Crippen LogP contribution in [-0.4, -0.2) is 23.6 Å². The number of benzene rings is 1. The summed E-state index contributed by atoms with van der Waals surface area (Å²) >= 11 is 0. The van der Waals surface area contributed by atoms with E-state index in [1.807, 2.05) is 7.05 Å². The van der Waals surface area contributed by atoms with Crippen LogP contribution in [-0.2, 0) is 6.42 Å². The normalized spacial score (nSPS) is 10.6. The van der Waals surface area contributed by atoms with Gasteiger partial charge in [-0.1, -0.05) is 12.1 Å². The van der Waals surface area contributed by atoms with Gasteiger partial charge in [-0.05, 0) is 38.2 Å². The molecule has 0 atom stereocenters. The molecular weight excluding hydrogens is 229 g/mol. The molecule has 94 valence electrons. The smallest absolute Gasteiger partial charge is 0.132 e. The number of aromatic nitrogens is 2. The fourth-order valence-corrected chi connectivity index (χ4v) is 1.76. The van der Waals surface area contributed by atoms with E-state index in [1.54, 1.807) is 30.5 Å². The van der Waals surface area contributed by atoms with E-state index in [0.717, 1.165) is 25.2 Å². The molecule has 0 aliphatic heterocycles. The van der Waals surface area contributed by atoms with Gasteiger partial charge in [-0.3, -0.25) is 0 Å². The maximum Gasteiger partial charge on any atom is 0.132 e. The summed E-state index contributed by atoms with van der Waals surface area (Å²) in [7, 11) is 1.91. The molecule has 0 bridgehead atoms. The van der Waals surface area contributed by atoms with Gasteiger partial charge in [-0.2, -0.15) is 0 Å². The zero-order valence-electron chi connectivity index (χ0n) is 10.4. The highest BCUT2D eigenvalue weighted by molar-refractivity contribution is 5.59. The van der Waals surface area contributed by atoms with E-state index in [1.165, 1.54) is 6.07 Å². The van der Waals surface area contributed by atoms with Crippen molar-refractivity contribution in [2.45, 2.75) is 12.8 Å². The Hall–Kier alpha value is -1.81. The van der Waals surface area contributed by atoms with Crippen LogP contribution in [0.2, 0.25) is 0 Å². The van der Waals surface area contributed by atoms with Gasteiger partial charge in [0.1, 0.15) is 11.6 Å². The minimum Gasteiger partial charge on any atom is -0.320 e. The minimum atomic E-state index is -0.252. The third kappa shape index (κ3) is 3.11. The van der Waals surface area contributed by atoms with Gasteiger partial charge in [0.05, 0.1) is 5.69 Å². The Morgan fingerprint density at radius 2 is 2.06 bits per heavy atom. The molecule has 0 aliphatic carbocycles. The first-order valence-electron chi connectivity index (χ1n) is 6.02. The zero-order chi connectivity index (χ0) is 12.8. The average molecular weight is 245 g/mol. The third-order valence-electron chi connectivity index (χ3n) is 2.68. The highest BCUT2D eigenvalue weighted by Gasteiger charge is 2.06. The second-order valence-corrected chi connectivity index (χ2v) is 4.05. The molecule has 18 heavy (non-hydrogen) atoms. The van der Waals surface area contributed by atoms with Gasteiger partial charge in [0.25, 0.3) is 0 Å². The van der Waals surface area contributed by atoms with Crippen LogP contribution in [0.15, 0.2) is 36.5 Å². The Morgan fingerprint density at radius 3 is 2.83 bits per heavy atom.